The second-order valence-electron chi connectivity index (χ2n) is 9.23. The average molecular weight is 476 g/mol. The summed E-state index contributed by atoms with van der Waals surface area (Å²) >= 11 is 0. The highest BCUT2D eigenvalue weighted by molar-refractivity contribution is 5.94. The molecule has 1 fully saturated rings. The summed E-state index contributed by atoms with van der Waals surface area (Å²) in [5.41, 5.74) is 4.08. The molecular formula is C26H33N7O2. The lowest BCUT2D eigenvalue weighted by molar-refractivity contribution is -0.129. The van der Waals surface area contributed by atoms with Crippen molar-refractivity contribution in [3.05, 3.63) is 71.7 Å². The molecule has 2 aromatic heterocycles. The molecule has 0 bridgehead atoms. The molecule has 9 nitrogen and oxygen atoms in total. The summed E-state index contributed by atoms with van der Waals surface area (Å²) in [4.78, 5) is 33.4. The predicted octanol–water partition coefficient (Wildman–Crippen LogP) is 2.48. The molecule has 0 radical (unpaired) electrons. The fourth-order valence-corrected chi connectivity index (χ4v) is 4.08. The lowest BCUT2D eigenvalue weighted by Gasteiger charge is -2.33. The van der Waals surface area contributed by atoms with Gasteiger partial charge in [-0.15, -0.1) is 0 Å². The molecule has 2 atom stereocenters. The number of nitrogens with one attached hydrogen (secondary N) is 2. The van der Waals surface area contributed by atoms with Crippen LogP contribution in [0.2, 0.25) is 0 Å². The average Bonchev–Trinajstić information content (AvgIpc) is 3.27. The molecule has 0 saturated carbocycles. The molecule has 1 aromatic carbocycles. The fraction of sp³-hybridized carbons (Fsp3) is 0.385. The maximum absolute atomic E-state index is 13.3. The van der Waals surface area contributed by atoms with E-state index in [0.717, 1.165) is 17.8 Å². The smallest absolute Gasteiger partial charge is 0.247 e. The number of aryl methyl sites for hydroxylation is 2. The van der Waals surface area contributed by atoms with Crippen LogP contribution in [0.25, 0.3) is 0 Å². The quantitative estimate of drug-likeness (QED) is 0.520. The van der Waals surface area contributed by atoms with Gasteiger partial charge in [-0.2, -0.15) is 5.10 Å². The van der Waals surface area contributed by atoms with E-state index in [4.69, 9.17) is 0 Å². The molecule has 2 N–H and O–H groups in total. The highest BCUT2D eigenvalue weighted by Crippen LogP contribution is 2.21. The van der Waals surface area contributed by atoms with Gasteiger partial charge in [-0.05, 0) is 30.5 Å². The number of hydrogen-bond acceptors (Lipinski definition) is 6. The van der Waals surface area contributed by atoms with Crippen LogP contribution in [0.5, 0.6) is 0 Å². The SMILES string of the molecule is Cc1ccc([C@H](C)CN[C@@H](C(=O)Nc2ccc(N3CCN(C)C(=O)C3)cn2)c2cnn(C)c2)cc1. The van der Waals surface area contributed by atoms with Crippen molar-refractivity contribution in [3.8, 4) is 0 Å². The van der Waals surface area contributed by atoms with E-state index in [1.54, 1.807) is 28.0 Å². The van der Waals surface area contributed by atoms with Gasteiger partial charge in [-0.3, -0.25) is 14.3 Å². The van der Waals surface area contributed by atoms with Crippen LogP contribution in [-0.2, 0) is 16.6 Å². The predicted molar refractivity (Wildman–Crippen MR) is 136 cm³/mol. The number of amides is 2. The first kappa shape index (κ1) is 24.4. The van der Waals surface area contributed by atoms with Crippen LogP contribution in [0.1, 0.15) is 35.6 Å². The Balaban J connectivity index is 1.42. The molecule has 35 heavy (non-hydrogen) atoms. The zero-order chi connectivity index (χ0) is 24.9. The topological polar surface area (TPSA) is 95.4 Å². The van der Waals surface area contributed by atoms with Gasteiger partial charge in [0.15, 0.2) is 0 Å². The molecule has 3 aromatic rings. The van der Waals surface area contributed by atoms with Crippen molar-refractivity contribution < 1.29 is 9.59 Å². The summed E-state index contributed by atoms with van der Waals surface area (Å²) in [6.07, 6.45) is 5.24. The van der Waals surface area contributed by atoms with Crippen LogP contribution in [0.15, 0.2) is 55.0 Å². The number of rotatable bonds is 8. The molecule has 0 spiro atoms. The van der Waals surface area contributed by atoms with E-state index in [-0.39, 0.29) is 17.7 Å². The highest BCUT2D eigenvalue weighted by atomic mass is 16.2. The summed E-state index contributed by atoms with van der Waals surface area (Å²) in [6, 6.07) is 11.5. The van der Waals surface area contributed by atoms with Gasteiger partial charge in [0.1, 0.15) is 11.9 Å². The van der Waals surface area contributed by atoms with Crippen LogP contribution < -0.4 is 15.5 Å². The van der Waals surface area contributed by atoms with E-state index in [2.05, 4.69) is 58.8 Å². The van der Waals surface area contributed by atoms with Crippen molar-refractivity contribution in [2.75, 3.05) is 43.4 Å². The first-order valence-corrected chi connectivity index (χ1v) is 11.8. The van der Waals surface area contributed by atoms with Crippen molar-refractivity contribution in [2.45, 2.75) is 25.8 Å². The highest BCUT2D eigenvalue weighted by Gasteiger charge is 2.24. The Morgan fingerprint density at radius 1 is 1.06 bits per heavy atom. The second-order valence-corrected chi connectivity index (χ2v) is 9.23. The standard InChI is InChI=1S/C26H33N7O2/c1-18-5-7-20(8-6-18)19(2)13-28-25(21-14-29-32(4)16-21)26(35)30-23-10-9-22(15-27-23)33-12-11-31(3)24(34)17-33/h5-10,14-16,19,25,28H,11-13,17H2,1-4H3,(H,27,30,35)/t19-,25-/m1/s1. The fourth-order valence-electron chi connectivity index (χ4n) is 4.08. The Kier molecular flexibility index (Phi) is 7.45. The maximum atomic E-state index is 13.3. The number of carbonyl (C=O) groups excluding carboxylic acids is 2. The summed E-state index contributed by atoms with van der Waals surface area (Å²) < 4.78 is 1.69. The van der Waals surface area contributed by atoms with E-state index < -0.39 is 6.04 Å². The number of hydrogen-bond donors (Lipinski definition) is 2. The Bertz CT molecular complexity index is 1160. The zero-order valence-electron chi connectivity index (χ0n) is 20.7. The van der Waals surface area contributed by atoms with Gasteiger partial charge in [0.2, 0.25) is 11.8 Å². The molecule has 0 aliphatic carbocycles. The van der Waals surface area contributed by atoms with Crippen molar-refractivity contribution in [3.63, 3.8) is 0 Å². The number of carbonyl (C=O) groups is 2. The molecule has 0 unspecified atom stereocenters. The Morgan fingerprint density at radius 2 is 1.83 bits per heavy atom. The lowest BCUT2D eigenvalue weighted by Crippen LogP contribution is -2.48. The van der Waals surface area contributed by atoms with Gasteiger partial charge in [0.05, 0.1) is 24.6 Å². The molecule has 2 amide bonds. The first-order chi connectivity index (χ1) is 16.8. The summed E-state index contributed by atoms with van der Waals surface area (Å²) in [5.74, 6) is 0.566. The third-order valence-electron chi connectivity index (χ3n) is 6.42. The summed E-state index contributed by atoms with van der Waals surface area (Å²) in [5, 5.41) is 10.6. The lowest BCUT2D eigenvalue weighted by atomic mass is 9.99. The Hall–Kier alpha value is -3.72. The van der Waals surface area contributed by atoms with Gasteiger partial charge in [0, 0.05) is 45.5 Å². The molecule has 1 saturated heterocycles. The number of benzene rings is 1. The number of likely N-dealkylation sites (N-methyl/N-ethyl adjacent to an activating group) is 1. The van der Waals surface area contributed by atoms with E-state index in [1.165, 1.54) is 11.1 Å². The van der Waals surface area contributed by atoms with Crippen molar-refractivity contribution in [1.82, 2.24) is 25.0 Å². The van der Waals surface area contributed by atoms with Gasteiger partial charge in [-0.25, -0.2) is 4.98 Å². The first-order valence-electron chi connectivity index (χ1n) is 11.8. The summed E-state index contributed by atoms with van der Waals surface area (Å²) in [6.45, 7) is 6.59. The van der Waals surface area contributed by atoms with E-state index in [9.17, 15) is 9.59 Å². The minimum Gasteiger partial charge on any atom is -0.359 e. The number of anilines is 2. The van der Waals surface area contributed by atoms with Gasteiger partial charge in [0.25, 0.3) is 0 Å². The second kappa shape index (κ2) is 10.7. The molecule has 3 heterocycles. The molecule has 4 rings (SSSR count). The van der Waals surface area contributed by atoms with E-state index in [0.29, 0.717) is 25.5 Å². The maximum Gasteiger partial charge on any atom is 0.247 e. The molecular weight excluding hydrogens is 442 g/mol. The molecule has 184 valence electrons. The molecule has 1 aliphatic rings. The van der Waals surface area contributed by atoms with Gasteiger partial charge < -0.3 is 20.4 Å². The Morgan fingerprint density at radius 3 is 2.46 bits per heavy atom. The summed E-state index contributed by atoms with van der Waals surface area (Å²) in [7, 11) is 3.64. The third-order valence-corrected chi connectivity index (χ3v) is 6.42. The number of nitrogens with zero attached hydrogens (tertiary/aromatic N) is 5. The van der Waals surface area contributed by atoms with Crippen LogP contribution in [-0.4, -0.2) is 64.7 Å². The van der Waals surface area contributed by atoms with E-state index in [1.807, 2.05) is 31.3 Å². The minimum atomic E-state index is -0.576. The van der Waals surface area contributed by atoms with E-state index >= 15 is 0 Å². The van der Waals surface area contributed by atoms with Crippen molar-refractivity contribution in [2.24, 2.45) is 7.05 Å². The number of aromatic nitrogens is 3. The van der Waals surface area contributed by atoms with Crippen molar-refractivity contribution >= 4 is 23.3 Å². The van der Waals surface area contributed by atoms with Gasteiger partial charge >= 0.3 is 0 Å². The number of pyridine rings is 1. The van der Waals surface area contributed by atoms with Crippen LogP contribution in [0.3, 0.4) is 0 Å². The minimum absolute atomic E-state index is 0.0823. The third kappa shape index (κ3) is 6.05. The van der Waals surface area contributed by atoms with Crippen LogP contribution in [0.4, 0.5) is 11.5 Å². The number of piperazine rings is 1. The molecule has 1 aliphatic heterocycles. The zero-order valence-corrected chi connectivity index (χ0v) is 20.7. The van der Waals surface area contributed by atoms with Crippen LogP contribution >= 0.6 is 0 Å². The van der Waals surface area contributed by atoms with Gasteiger partial charge in [-0.1, -0.05) is 36.8 Å². The normalized spacial score (nSPS) is 15.7. The largest absolute Gasteiger partial charge is 0.359 e. The molecule has 9 heteroatoms. The van der Waals surface area contributed by atoms with Crippen LogP contribution in [0, 0.1) is 6.92 Å². The Labute approximate surface area is 206 Å². The van der Waals surface area contributed by atoms with Crippen molar-refractivity contribution in [1.29, 1.82) is 0 Å². The monoisotopic (exact) mass is 475 g/mol.